The summed E-state index contributed by atoms with van der Waals surface area (Å²) in [6, 6.07) is 13.8. The zero-order valence-electron chi connectivity index (χ0n) is 17.5. The molecule has 1 N–H and O–H groups in total. The van der Waals surface area contributed by atoms with Crippen LogP contribution in [-0.4, -0.2) is 36.3 Å². The Balaban J connectivity index is 1.45. The van der Waals surface area contributed by atoms with Crippen molar-refractivity contribution < 1.29 is 14.3 Å². The molecule has 0 spiro atoms. The molecule has 158 valence electrons. The smallest absolute Gasteiger partial charge is 0.246 e. The predicted octanol–water partition coefficient (Wildman–Crippen LogP) is 3.11. The molecular formula is C23H23N5O3. The van der Waals surface area contributed by atoms with E-state index in [2.05, 4.69) is 15.3 Å². The van der Waals surface area contributed by atoms with Gasteiger partial charge in [0, 0.05) is 19.3 Å². The highest BCUT2D eigenvalue weighted by molar-refractivity contribution is 5.98. The third-order valence-corrected chi connectivity index (χ3v) is 5.58. The summed E-state index contributed by atoms with van der Waals surface area (Å²) in [6.45, 7) is 3.47. The number of hydrogen-bond acceptors (Lipinski definition) is 7. The van der Waals surface area contributed by atoms with Crippen molar-refractivity contribution in [3.63, 3.8) is 0 Å². The number of anilines is 3. The molecule has 3 aromatic rings. The number of likely N-dealkylation sites (N-methyl/N-ethyl adjacent to an activating group) is 1. The summed E-state index contributed by atoms with van der Waals surface area (Å²) in [6.07, 6.45) is 1.53. The standard InChI is InChI=1S/C23H23N5O3/c1-15-5-3-4-6-18(15)28-11-17-22(25-13-26-23(17)27(2)12-21(28)29)24-10-16-7-8-19-20(9-16)31-14-30-19/h3-9,13H,10-12,14H2,1-2H3,(H,24,25,26). The average molecular weight is 417 g/mol. The van der Waals surface area contributed by atoms with Gasteiger partial charge in [-0.15, -0.1) is 0 Å². The zero-order chi connectivity index (χ0) is 21.4. The Morgan fingerprint density at radius 3 is 2.77 bits per heavy atom. The van der Waals surface area contributed by atoms with Crippen LogP contribution < -0.4 is 24.6 Å². The Morgan fingerprint density at radius 1 is 1.06 bits per heavy atom. The summed E-state index contributed by atoms with van der Waals surface area (Å²) in [5.41, 5.74) is 3.89. The number of aryl methyl sites for hydroxylation is 1. The molecule has 8 nitrogen and oxygen atoms in total. The molecule has 0 atom stereocenters. The lowest BCUT2D eigenvalue weighted by Crippen LogP contribution is -2.36. The van der Waals surface area contributed by atoms with Gasteiger partial charge in [0.1, 0.15) is 18.0 Å². The lowest BCUT2D eigenvalue weighted by Gasteiger charge is -2.23. The van der Waals surface area contributed by atoms with Gasteiger partial charge in [-0.3, -0.25) is 4.79 Å². The number of nitrogens with zero attached hydrogens (tertiary/aromatic N) is 4. The third kappa shape index (κ3) is 3.61. The van der Waals surface area contributed by atoms with E-state index in [1.807, 2.05) is 66.2 Å². The Labute approximate surface area is 180 Å². The van der Waals surface area contributed by atoms with Crippen LogP contribution in [0.1, 0.15) is 16.7 Å². The van der Waals surface area contributed by atoms with Crippen LogP contribution in [0.2, 0.25) is 0 Å². The van der Waals surface area contributed by atoms with Crippen molar-refractivity contribution in [2.24, 2.45) is 0 Å². The van der Waals surface area contributed by atoms with Crippen molar-refractivity contribution in [1.82, 2.24) is 9.97 Å². The fraction of sp³-hybridized carbons (Fsp3) is 0.261. The van der Waals surface area contributed by atoms with E-state index in [0.717, 1.165) is 39.7 Å². The number of nitrogens with one attached hydrogen (secondary N) is 1. The predicted molar refractivity (Wildman–Crippen MR) is 118 cm³/mol. The van der Waals surface area contributed by atoms with Crippen molar-refractivity contribution in [3.8, 4) is 11.5 Å². The van der Waals surface area contributed by atoms with Gasteiger partial charge in [-0.05, 0) is 36.2 Å². The van der Waals surface area contributed by atoms with Gasteiger partial charge >= 0.3 is 0 Å². The van der Waals surface area contributed by atoms with Crippen LogP contribution in [0, 0.1) is 6.92 Å². The molecule has 0 radical (unpaired) electrons. The molecule has 0 saturated carbocycles. The van der Waals surface area contributed by atoms with E-state index in [4.69, 9.17) is 9.47 Å². The van der Waals surface area contributed by atoms with Crippen LogP contribution in [0.3, 0.4) is 0 Å². The number of ether oxygens (including phenoxy) is 2. The van der Waals surface area contributed by atoms with Crippen molar-refractivity contribution in [3.05, 3.63) is 65.5 Å². The maximum Gasteiger partial charge on any atom is 0.246 e. The number of para-hydroxylation sites is 1. The molecule has 8 heteroatoms. The van der Waals surface area contributed by atoms with E-state index in [-0.39, 0.29) is 19.2 Å². The van der Waals surface area contributed by atoms with Gasteiger partial charge in [0.15, 0.2) is 11.5 Å². The first-order chi connectivity index (χ1) is 15.1. The molecule has 0 aliphatic carbocycles. The Bertz CT molecular complexity index is 1150. The molecule has 0 fully saturated rings. The minimum Gasteiger partial charge on any atom is -0.454 e. The van der Waals surface area contributed by atoms with Crippen molar-refractivity contribution >= 4 is 23.2 Å². The molecule has 0 unspecified atom stereocenters. The summed E-state index contributed by atoms with van der Waals surface area (Å²) in [4.78, 5) is 25.7. The van der Waals surface area contributed by atoms with Gasteiger partial charge in [-0.1, -0.05) is 24.3 Å². The van der Waals surface area contributed by atoms with Gasteiger partial charge < -0.3 is 24.6 Å². The largest absolute Gasteiger partial charge is 0.454 e. The quantitative estimate of drug-likeness (QED) is 0.699. The topological polar surface area (TPSA) is 79.8 Å². The minimum atomic E-state index is 0.0246. The molecular weight excluding hydrogens is 394 g/mol. The van der Waals surface area contributed by atoms with Crippen LogP contribution in [0.5, 0.6) is 11.5 Å². The summed E-state index contributed by atoms with van der Waals surface area (Å²) in [5, 5.41) is 3.42. The van der Waals surface area contributed by atoms with Gasteiger partial charge in [0.05, 0.1) is 18.7 Å². The van der Waals surface area contributed by atoms with Gasteiger partial charge in [-0.25, -0.2) is 9.97 Å². The molecule has 2 aliphatic heterocycles. The van der Waals surface area contributed by atoms with Crippen LogP contribution in [0.25, 0.3) is 0 Å². The highest BCUT2D eigenvalue weighted by Gasteiger charge is 2.28. The molecule has 3 heterocycles. The zero-order valence-corrected chi connectivity index (χ0v) is 17.5. The fourth-order valence-corrected chi connectivity index (χ4v) is 3.96. The van der Waals surface area contributed by atoms with E-state index >= 15 is 0 Å². The summed E-state index contributed by atoms with van der Waals surface area (Å²) >= 11 is 0. The van der Waals surface area contributed by atoms with Crippen LogP contribution in [0.4, 0.5) is 17.3 Å². The number of rotatable bonds is 4. The van der Waals surface area contributed by atoms with E-state index in [0.29, 0.717) is 18.9 Å². The lowest BCUT2D eigenvalue weighted by molar-refractivity contribution is -0.117. The first-order valence-corrected chi connectivity index (χ1v) is 10.1. The summed E-state index contributed by atoms with van der Waals surface area (Å²) in [7, 11) is 1.88. The number of benzene rings is 2. The van der Waals surface area contributed by atoms with Gasteiger partial charge in [-0.2, -0.15) is 0 Å². The number of carbonyl (C=O) groups is 1. The average Bonchev–Trinajstić information content (AvgIpc) is 3.20. The second-order valence-corrected chi connectivity index (χ2v) is 7.69. The SMILES string of the molecule is Cc1ccccc1N1Cc2c(NCc3ccc4c(c3)OCO4)ncnc2N(C)CC1=O. The normalized spacial score (nSPS) is 15.0. The van der Waals surface area contributed by atoms with Gasteiger partial charge in [0.2, 0.25) is 12.7 Å². The molecule has 1 aromatic heterocycles. The van der Waals surface area contributed by atoms with E-state index < -0.39 is 0 Å². The van der Waals surface area contributed by atoms with Crippen molar-refractivity contribution in [1.29, 1.82) is 0 Å². The molecule has 5 rings (SSSR count). The van der Waals surface area contributed by atoms with Crippen molar-refractivity contribution in [2.75, 3.05) is 35.5 Å². The fourth-order valence-electron chi connectivity index (χ4n) is 3.96. The Hall–Kier alpha value is -3.81. The van der Waals surface area contributed by atoms with E-state index in [1.54, 1.807) is 0 Å². The maximum absolute atomic E-state index is 13.0. The second kappa shape index (κ2) is 7.79. The molecule has 31 heavy (non-hydrogen) atoms. The van der Waals surface area contributed by atoms with Gasteiger partial charge in [0.25, 0.3) is 0 Å². The molecule has 2 aromatic carbocycles. The molecule has 0 bridgehead atoms. The summed E-state index contributed by atoms with van der Waals surface area (Å²) in [5.74, 6) is 3.00. The number of carbonyl (C=O) groups excluding carboxylic acids is 1. The number of hydrogen-bond donors (Lipinski definition) is 1. The first-order valence-electron chi connectivity index (χ1n) is 10.1. The first kappa shape index (κ1) is 19.2. The monoisotopic (exact) mass is 417 g/mol. The minimum absolute atomic E-state index is 0.0246. The van der Waals surface area contributed by atoms with E-state index in [9.17, 15) is 4.79 Å². The second-order valence-electron chi connectivity index (χ2n) is 7.69. The number of fused-ring (bicyclic) bond motifs is 2. The highest BCUT2D eigenvalue weighted by atomic mass is 16.7. The molecule has 0 saturated heterocycles. The van der Waals surface area contributed by atoms with E-state index in [1.165, 1.54) is 6.33 Å². The van der Waals surface area contributed by atoms with Crippen LogP contribution >= 0.6 is 0 Å². The summed E-state index contributed by atoms with van der Waals surface area (Å²) < 4.78 is 10.9. The maximum atomic E-state index is 13.0. The highest BCUT2D eigenvalue weighted by Crippen LogP contribution is 2.34. The Morgan fingerprint density at radius 2 is 1.90 bits per heavy atom. The van der Waals surface area contributed by atoms with Crippen LogP contribution in [0.15, 0.2) is 48.8 Å². The van der Waals surface area contributed by atoms with Crippen molar-refractivity contribution in [2.45, 2.75) is 20.0 Å². The number of amides is 1. The Kier molecular flexibility index (Phi) is 4.82. The lowest BCUT2D eigenvalue weighted by atomic mass is 10.1. The number of aromatic nitrogens is 2. The third-order valence-electron chi connectivity index (χ3n) is 5.58. The van der Waals surface area contributed by atoms with Crippen LogP contribution in [-0.2, 0) is 17.9 Å². The molecule has 1 amide bonds. The molecule has 2 aliphatic rings.